The van der Waals surface area contributed by atoms with Crippen LogP contribution in [-0.2, 0) is 0 Å². The fourth-order valence-corrected chi connectivity index (χ4v) is 2.01. The molecule has 2 aromatic rings. The van der Waals surface area contributed by atoms with E-state index in [-0.39, 0.29) is 17.3 Å². The first kappa shape index (κ1) is 14.4. The highest BCUT2D eigenvalue weighted by atomic mass is 35.5. The Kier molecular flexibility index (Phi) is 4.65. The van der Waals surface area contributed by atoms with Gasteiger partial charge in [0.2, 0.25) is 0 Å². The third-order valence-electron chi connectivity index (χ3n) is 2.89. The molecule has 5 nitrogen and oxygen atoms in total. The normalized spacial score (nSPS) is 11.9. The lowest BCUT2D eigenvalue weighted by Crippen LogP contribution is -2.29. The van der Waals surface area contributed by atoms with Gasteiger partial charge >= 0.3 is 0 Å². The number of aliphatic hydroxyl groups is 1. The van der Waals surface area contributed by atoms with Crippen molar-refractivity contribution >= 4 is 17.5 Å². The van der Waals surface area contributed by atoms with Crippen LogP contribution in [0.5, 0.6) is 0 Å². The second kappa shape index (κ2) is 6.45. The van der Waals surface area contributed by atoms with E-state index >= 15 is 0 Å². The maximum absolute atomic E-state index is 11.9. The largest absolute Gasteiger partial charge is 0.387 e. The average molecular weight is 292 g/mol. The lowest BCUT2D eigenvalue weighted by molar-refractivity contribution is 0.0911. The maximum Gasteiger partial charge on any atom is 0.271 e. The minimum Gasteiger partial charge on any atom is -0.387 e. The highest BCUT2D eigenvalue weighted by Gasteiger charge is 2.15. The number of nitrogens with zero attached hydrogens (tertiary/aromatic N) is 2. The zero-order chi connectivity index (χ0) is 14.5. The van der Waals surface area contributed by atoms with Gasteiger partial charge in [0, 0.05) is 12.7 Å². The van der Waals surface area contributed by atoms with E-state index in [1.807, 2.05) is 31.2 Å². The highest BCUT2D eigenvalue weighted by Crippen LogP contribution is 2.16. The molecular weight excluding hydrogens is 278 g/mol. The van der Waals surface area contributed by atoms with Gasteiger partial charge in [0.15, 0.2) is 0 Å². The van der Waals surface area contributed by atoms with Gasteiger partial charge in [0.1, 0.15) is 12.0 Å². The molecule has 0 radical (unpaired) electrons. The van der Waals surface area contributed by atoms with Crippen molar-refractivity contribution < 1.29 is 9.90 Å². The van der Waals surface area contributed by atoms with Gasteiger partial charge in [0.25, 0.3) is 5.91 Å². The molecule has 0 spiro atoms. The number of carbonyl (C=O) groups excluding carboxylic acids is 1. The third kappa shape index (κ3) is 3.31. The van der Waals surface area contributed by atoms with E-state index in [4.69, 9.17) is 11.6 Å². The van der Waals surface area contributed by atoms with Crippen molar-refractivity contribution in [3.63, 3.8) is 0 Å². The number of carbonyl (C=O) groups is 1. The number of aliphatic hydroxyl groups excluding tert-OH is 1. The van der Waals surface area contributed by atoms with Crippen LogP contribution >= 0.6 is 11.6 Å². The van der Waals surface area contributed by atoms with Crippen LogP contribution in [0.2, 0.25) is 5.02 Å². The predicted octanol–water partition coefficient (Wildman–Crippen LogP) is 1.90. The van der Waals surface area contributed by atoms with Gasteiger partial charge in [0.05, 0.1) is 11.1 Å². The monoisotopic (exact) mass is 291 g/mol. The second-order valence-electron chi connectivity index (χ2n) is 4.30. The quantitative estimate of drug-likeness (QED) is 0.902. The van der Waals surface area contributed by atoms with Crippen LogP contribution < -0.4 is 5.32 Å². The number of aryl methyl sites for hydroxylation is 1. The summed E-state index contributed by atoms with van der Waals surface area (Å²) in [6.45, 7) is 1.99. The Bertz CT molecular complexity index is 619. The zero-order valence-corrected chi connectivity index (χ0v) is 11.6. The first-order valence-corrected chi connectivity index (χ1v) is 6.44. The van der Waals surface area contributed by atoms with Crippen molar-refractivity contribution in [1.82, 2.24) is 15.3 Å². The number of amides is 1. The molecule has 1 aromatic heterocycles. The maximum atomic E-state index is 11.9. The number of hydrogen-bond donors (Lipinski definition) is 2. The number of hydrogen-bond acceptors (Lipinski definition) is 4. The topological polar surface area (TPSA) is 75.1 Å². The molecule has 1 heterocycles. The van der Waals surface area contributed by atoms with Crippen molar-refractivity contribution in [2.24, 2.45) is 0 Å². The molecule has 0 saturated carbocycles. The molecule has 1 unspecified atom stereocenters. The Morgan fingerprint density at radius 2 is 2.20 bits per heavy atom. The van der Waals surface area contributed by atoms with Crippen molar-refractivity contribution in [1.29, 1.82) is 0 Å². The summed E-state index contributed by atoms with van der Waals surface area (Å²) in [5, 5.41) is 12.9. The summed E-state index contributed by atoms with van der Waals surface area (Å²) >= 11 is 5.83. The first-order valence-electron chi connectivity index (χ1n) is 6.07. The Morgan fingerprint density at radius 1 is 1.45 bits per heavy atom. The lowest BCUT2D eigenvalue weighted by atomic mass is 10.0. The fourth-order valence-electron chi connectivity index (χ4n) is 1.82. The molecule has 2 rings (SSSR count). The van der Waals surface area contributed by atoms with Gasteiger partial charge in [-0.05, 0) is 18.1 Å². The summed E-state index contributed by atoms with van der Waals surface area (Å²) in [5.74, 6) is -0.440. The molecule has 1 aromatic carbocycles. The Hall–Kier alpha value is -1.98. The van der Waals surface area contributed by atoms with Crippen LogP contribution in [0.3, 0.4) is 0 Å². The van der Waals surface area contributed by atoms with E-state index in [1.165, 1.54) is 12.5 Å². The molecule has 0 aliphatic heterocycles. The molecule has 0 fully saturated rings. The molecule has 0 saturated heterocycles. The molecule has 0 aliphatic carbocycles. The first-order chi connectivity index (χ1) is 9.59. The fraction of sp³-hybridized carbons (Fsp3) is 0.214. The highest BCUT2D eigenvalue weighted by molar-refractivity contribution is 6.33. The number of benzene rings is 1. The van der Waals surface area contributed by atoms with Crippen LogP contribution in [0.25, 0.3) is 0 Å². The summed E-state index contributed by atoms with van der Waals surface area (Å²) in [4.78, 5) is 19.4. The van der Waals surface area contributed by atoms with Gasteiger partial charge < -0.3 is 10.4 Å². The molecule has 104 valence electrons. The van der Waals surface area contributed by atoms with Gasteiger partial charge in [-0.2, -0.15) is 0 Å². The summed E-state index contributed by atoms with van der Waals surface area (Å²) in [6, 6.07) is 7.46. The average Bonchev–Trinajstić information content (AvgIpc) is 2.45. The molecular formula is C14H14ClN3O2. The predicted molar refractivity (Wildman–Crippen MR) is 75.5 cm³/mol. The number of halogens is 1. The van der Waals surface area contributed by atoms with Crippen molar-refractivity contribution in [3.8, 4) is 0 Å². The van der Waals surface area contributed by atoms with Gasteiger partial charge in [-0.25, -0.2) is 9.97 Å². The summed E-state index contributed by atoms with van der Waals surface area (Å²) in [5.41, 5.74) is 1.84. The van der Waals surface area contributed by atoms with Crippen LogP contribution in [0.15, 0.2) is 36.8 Å². The standard InChI is InChI=1S/C14H14ClN3O2/c1-9-4-2-3-5-10(9)12(19)7-17-14(20)13-11(15)6-16-8-18-13/h2-6,8,12,19H,7H2,1H3,(H,17,20). The summed E-state index contributed by atoms with van der Waals surface area (Å²) in [7, 11) is 0. The zero-order valence-electron chi connectivity index (χ0n) is 10.9. The molecule has 1 atom stereocenters. The molecule has 2 N–H and O–H groups in total. The van der Waals surface area contributed by atoms with Crippen LogP contribution in [0.4, 0.5) is 0 Å². The van der Waals surface area contributed by atoms with E-state index < -0.39 is 12.0 Å². The molecule has 6 heteroatoms. The number of rotatable bonds is 4. The molecule has 20 heavy (non-hydrogen) atoms. The van der Waals surface area contributed by atoms with Gasteiger partial charge in [-0.1, -0.05) is 35.9 Å². The van der Waals surface area contributed by atoms with Crippen LogP contribution in [0, 0.1) is 6.92 Å². The SMILES string of the molecule is Cc1ccccc1C(O)CNC(=O)c1ncncc1Cl. The number of nitrogens with one attached hydrogen (secondary N) is 1. The Balaban J connectivity index is 2.01. The van der Waals surface area contributed by atoms with E-state index in [1.54, 1.807) is 0 Å². The van der Waals surface area contributed by atoms with Crippen molar-refractivity contribution in [2.45, 2.75) is 13.0 Å². The Morgan fingerprint density at radius 3 is 2.90 bits per heavy atom. The molecule has 0 aliphatic rings. The minimum absolute atomic E-state index is 0.0873. The summed E-state index contributed by atoms with van der Waals surface area (Å²) in [6.07, 6.45) is 1.82. The Labute approximate surface area is 121 Å². The van der Waals surface area contributed by atoms with Crippen LogP contribution in [0.1, 0.15) is 27.7 Å². The third-order valence-corrected chi connectivity index (χ3v) is 3.16. The van der Waals surface area contributed by atoms with E-state index in [0.29, 0.717) is 0 Å². The van der Waals surface area contributed by atoms with Crippen LogP contribution in [-0.4, -0.2) is 27.5 Å². The van der Waals surface area contributed by atoms with Gasteiger partial charge in [-0.3, -0.25) is 4.79 Å². The number of aromatic nitrogens is 2. The van der Waals surface area contributed by atoms with Crippen molar-refractivity contribution in [2.75, 3.05) is 6.54 Å². The minimum atomic E-state index is -0.777. The van der Waals surface area contributed by atoms with E-state index in [2.05, 4.69) is 15.3 Å². The van der Waals surface area contributed by atoms with E-state index in [0.717, 1.165) is 11.1 Å². The smallest absolute Gasteiger partial charge is 0.271 e. The second-order valence-corrected chi connectivity index (χ2v) is 4.71. The lowest BCUT2D eigenvalue weighted by Gasteiger charge is -2.14. The van der Waals surface area contributed by atoms with Crippen molar-refractivity contribution in [3.05, 3.63) is 58.6 Å². The van der Waals surface area contributed by atoms with Gasteiger partial charge in [-0.15, -0.1) is 0 Å². The molecule has 0 bridgehead atoms. The molecule has 1 amide bonds. The summed E-state index contributed by atoms with van der Waals surface area (Å²) < 4.78 is 0. The van der Waals surface area contributed by atoms with E-state index in [9.17, 15) is 9.90 Å².